The van der Waals surface area contributed by atoms with E-state index in [0.29, 0.717) is 45.5 Å². The molecule has 202 valence electrons. The third kappa shape index (κ3) is 6.45. The van der Waals surface area contributed by atoms with E-state index in [1.807, 2.05) is 63.2 Å². The Kier molecular flexibility index (Phi) is 9.22. The zero-order valence-corrected chi connectivity index (χ0v) is 23.9. The number of hydrogen-bond acceptors (Lipinski definition) is 8. The molecule has 1 unspecified atom stereocenters. The van der Waals surface area contributed by atoms with Crippen molar-refractivity contribution in [1.82, 2.24) is 14.8 Å². The minimum absolute atomic E-state index is 0.266. The molecule has 0 fully saturated rings. The summed E-state index contributed by atoms with van der Waals surface area (Å²) in [6.07, 6.45) is 1.90. The normalized spacial score (nSPS) is 14.8. The Hall–Kier alpha value is -3.17. The van der Waals surface area contributed by atoms with Crippen LogP contribution in [0.4, 0.5) is 5.95 Å². The van der Waals surface area contributed by atoms with Crippen LogP contribution < -0.4 is 14.8 Å². The highest BCUT2D eigenvalue weighted by Gasteiger charge is 2.36. The van der Waals surface area contributed by atoms with Crippen molar-refractivity contribution >= 4 is 35.3 Å². The number of nitrogens with zero attached hydrogens (tertiary/aromatic N) is 3. The molecule has 0 radical (unpaired) electrons. The van der Waals surface area contributed by atoms with Crippen molar-refractivity contribution in [2.75, 3.05) is 18.2 Å². The molecule has 1 aliphatic heterocycles. The van der Waals surface area contributed by atoms with Gasteiger partial charge in [-0.25, -0.2) is 9.48 Å². The SMILES string of the molecule is CCCCSc1nc2n(n1)C(c1ccc(OCc3cccc(Cl)c3)c(OC)c1)C(C(=O)OC(C)C)=C(C)N2. The van der Waals surface area contributed by atoms with Crippen LogP contribution in [0.3, 0.4) is 0 Å². The molecule has 0 spiro atoms. The second-order valence-corrected chi connectivity index (χ2v) is 10.7. The van der Waals surface area contributed by atoms with E-state index < -0.39 is 12.0 Å². The lowest BCUT2D eigenvalue weighted by Crippen LogP contribution is -2.30. The molecule has 10 heteroatoms. The van der Waals surface area contributed by atoms with E-state index >= 15 is 0 Å². The summed E-state index contributed by atoms with van der Waals surface area (Å²) in [5.41, 5.74) is 2.88. The zero-order chi connectivity index (χ0) is 27.2. The summed E-state index contributed by atoms with van der Waals surface area (Å²) in [6.45, 7) is 8.00. The van der Waals surface area contributed by atoms with E-state index in [1.165, 1.54) is 0 Å². The maximum atomic E-state index is 13.3. The van der Waals surface area contributed by atoms with Crippen LogP contribution in [0.25, 0.3) is 0 Å². The van der Waals surface area contributed by atoms with Crippen molar-refractivity contribution < 1.29 is 19.0 Å². The van der Waals surface area contributed by atoms with Crippen molar-refractivity contribution in [1.29, 1.82) is 0 Å². The van der Waals surface area contributed by atoms with Crippen molar-refractivity contribution in [2.45, 2.75) is 64.4 Å². The predicted octanol–water partition coefficient (Wildman–Crippen LogP) is 6.65. The highest BCUT2D eigenvalue weighted by Crippen LogP contribution is 2.40. The lowest BCUT2D eigenvalue weighted by atomic mass is 9.95. The topological polar surface area (TPSA) is 87.5 Å². The number of fused-ring (bicyclic) bond motifs is 1. The summed E-state index contributed by atoms with van der Waals surface area (Å²) in [5, 5.41) is 9.32. The van der Waals surface area contributed by atoms with Crippen LogP contribution in [0.15, 0.2) is 58.9 Å². The Bertz CT molecular complexity index is 1320. The summed E-state index contributed by atoms with van der Waals surface area (Å²) in [6, 6.07) is 12.6. The number of hydrogen-bond donors (Lipinski definition) is 1. The molecule has 0 saturated heterocycles. The van der Waals surface area contributed by atoms with Crippen molar-refractivity contribution in [2.24, 2.45) is 0 Å². The van der Waals surface area contributed by atoms with Gasteiger partial charge in [0.05, 0.1) is 18.8 Å². The Labute approximate surface area is 232 Å². The number of nitrogens with one attached hydrogen (secondary N) is 1. The number of unbranched alkanes of at least 4 members (excludes halogenated alkanes) is 1. The molecule has 1 N–H and O–H groups in total. The van der Waals surface area contributed by atoms with Gasteiger partial charge in [-0.2, -0.15) is 4.98 Å². The minimum atomic E-state index is -0.554. The van der Waals surface area contributed by atoms with E-state index in [4.69, 9.17) is 30.9 Å². The lowest BCUT2D eigenvalue weighted by Gasteiger charge is -2.29. The van der Waals surface area contributed by atoms with Gasteiger partial charge in [0.2, 0.25) is 11.1 Å². The number of carbonyl (C=O) groups excluding carboxylic acids is 1. The van der Waals surface area contributed by atoms with E-state index in [0.717, 1.165) is 29.7 Å². The average molecular weight is 557 g/mol. The molecule has 1 atom stereocenters. The van der Waals surface area contributed by atoms with Crippen LogP contribution in [0, 0.1) is 0 Å². The third-order valence-corrected chi connectivity index (χ3v) is 7.07. The average Bonchev–Trinajstić information content (AvgIpc) is 3.28. The number of aromatic nitrogens is 3. The Morgan fingerprint density at radius 2 is 2.03 bits per heavy atom. The molecule has 0 saturated carbocycles. The second kappa shape index (κ2) is 12.6. The molecule has 0 amide bonds. The first-order valence-corrected chi connectivity index (χ1v) is 14.0. The van der Waals surface area contributed by atoms with E-state index in [-0.39, 0.29) is 6.10 Å². The number of thioether (sulfide) groups is 1. The summed E-state index contributed by atoms with van der Waals surface area (Å²) in [7, 11) is 1.59. The number of methoxy groups -OCH3 is 1. The monoisotopic (exact) mass is 556 g/mol. The van der Waals surface area contributed by atoms with Gasteiger partial charge in [-0.05, 0) is 62.6 Å². The first-order chi connectivity index (χ1) is 18.3. The molecular formula is C28H33ClN4O4S. The Morgan fingerprint density at radius 3 is 2.74 bits per heavy atom. The van der Waals surface area contributed by atoms with E-state index in [1.54, 1.807) is 23.6 Å². The number of benzene rings is 2. The molecule has 0 bridgehead atoms. The standard InChI is InChI=1S/C28H33ClN4O4S/c1-6-7-13-38-28-31-27-30-18(4)24(26(34)37-17(2)3)25(33(27)32-28)20-11-12-22(23(15-20)35-5)36-16-19-9-8-10-21(29)14-19/h8-12,14-15,17,25H,6-7,13,16H2,1-5H3,(H,30,31,32). The van der Waals surface area contributed by atoms with Crippen LogP contribution in [-0.2, 0) is 16.1 Å². The van der Waals surface area contributed by atoms with Gasteiger partial charge in [0.1, 0.15) is 12.6 Å². The lowest BCUT2D eigenvalue weighted by molar-refractivity contribution is -0.143. The van der Waals surface area contributed by atoms with Crippen LogP contribution >= 0.6 is 23.4 Å². The number of allylic oxidation sites excluding steroid dienone is 1. The van der Waals surface area contributed by atoms with Gasteiger partial charge < -0.3 is 19.5 Å². The molecule has 3 aromatic rings. The van der Waals surface area contributed by atoms with Gasteiger partial charge >= 0.3 is 5.97 Å². The molecule has 38 heavy (non-hydrogen) atoms. The fourth-order valence-corrected chi connectivity index (χ4v) is 5.24. The second-order valence-electron chi connectivity index (χ2n) is 9.21. The van der Waals surface area contributed by atoms with Crippen molar-refractivity contribution in [3.05, 3.63) is 69.9 Å². The molecule has 8 nitrogen and oxygen atoms in total. The van der Waals surface area contributed by atoms with E-state index in [9.17, 15) is 4.79 Å². The number of anilines is 1. The van der Waals surface area contributed by atoms with Gasteiger partial charge in [0.15, 0.2) is 11.5 Å². The molecular weight excluding hydrogens is 524 g/mol. The zero-order valence-electron chi connectivity index (χ0n) is 22.3. The van der Waals surface area contributed by atoms with Crippen LogP contribution in [0.2, 0.25) is 5.02 Å². The number of rotatable bonds is 11. The van der Waals surface area contributed by atoms with Crippen LogP contribution in [0.5, 0.6) is 11.5 Å². The Morgan fingerprint density at radius 1 is 1.21 bits per heavy atom. The predicted molar refractivity (Wildman–Crippen MR) is 150 cm³/mol. The van der Waals surface area contributed by atoms with Gasteiger partial charge in [-0.3, -0.25) is 0 Å². The summed E-state index contributed by atoms with van der Waals surface area (Å²) in [4.78, 5) is 18.0. The van der Waals surface area contributed by atoms with E-state index in [2.05, 4.69) is 17.2 Å². The summed E-state index contributed by atoms with van der Waals surface area (Å²) >= 11 is 7.71. The molecule has 2 heterocycles. The fraction of sp³-hybridized carbons (Fsp3) is 0.393. The molecule has 1 aromatic heterocycles. The van der Waals surface area contributed by atoms with Gasteiger partial charge in [0.25, 0.3) is 0 Å². The fourth-order valence-electron chi connectivity index (χ4n) is 4.11. The highest BCUT2D eigenvalue weighted by atomic mass is 35.5. The summed E-state index contributed by atoms with van der Waals surface area (Å²) < 4.78 is 19.1. The molecule has 1 aliphatic rings. The maximum Gasteiger partial charge on any atom is 0.338 e. The smallest absolute Gasteiger partial charge is 0.338 e. The molecule has 4 rings (SSSR count). The largest absolute Gasteiger partial charge is 0.493 e. The van der Waals surface area contributed by atoms with Crippen LogP contribution in [0.1, 0.15) is 57.7 Å². The van der Waals surface area contributed by atoms with Gasteiger partial charge in [-0.15, -0.1) is 5.10 Å². The summed E-state index contributed by atoms with van der Waals surface area (Å²) in [5.74, 6) is 2.21. The number of esters is 1. The quantitative estimate of drug-likeness (QED) is 0.159. The Balaban J connectivity index is 1.70. The van der Waals surface area contributed by atoms with Gasteiger partial charge in [-0.1, -0.05) is 54.9 Å². The van der Waals surface area contributed by atoms with Crippen LogP contribution in [-0.4, -0.2) is 39.7 Å². The molecule has 2 aromatic carbocycles. The third-order valence-electron chi connectivity index (χ3n) is 5.91. The number of carbonyl (C=O) groups is 1. The number of ether oxygens (including phenoxy) is 3. The number of halogens is 1. The molecule has 0 aliphatic carbocycles. The minimum Gasteiger partial charge on any atom is -0.493 e. The maximum absolute atomic E-state index is 13.3. The first kappa shape index (κ1) is 27.9. The van der Waals surface area contributed by atoms with Gasteiger partial charge in [0, 0.05) is 16.5 Å². The van der Waals surface area contributed by atoms with Crippen molar-refractivity contribution in [3.8, 4) is 11.5 Å². The first-order valence-electron chi connectivity index (χ1n) is 12.6. The van der Waals surface area contributed by atoms with Crippen molar-refractivity contribution in [3.63, 3.8) is 0 Å². The highest BCUT2D eigenvalue weighted by molar-refractivity contribution is 7.99.